The van der Waals surface area contributed by atoms with Crippen LogP contribution >= 0.6 is 0 Å². The average Bonchev–Trinajstić information content (AvgIpc) is 3.42. The number of unbranched alkanes of at least 4 members (excludes halogenated alkanes) is 37. The summed E-state index contributed by atoms with van der Waals surface area (Å²) < 4.78 is 16.9. The van der Waals surface area contributed by atoms with Crippen molar-refractivity contribution in [2.75, 3.05) is 13.2 Å². The van der Waals surface area contributed by atoms with Gasteiger partial charge in [0.1, 0.15) is 13.2 Å². The van der Waals surface area contributed by atoms with Gasteiger partial charge in [-0.3, -0.25) is 14.4 Å². The lowest BCUT2D eigenvalue weighted by atomic mass is 10.1. The van der Waals surface area contributed by atoms with E-state index in [0.29, 0.717) is 19.3 Å². The van der Waals surface area contributed by atoms with Crippen LogP contribution in [0.1, 0.15) is 335 Å². The van der Waals surface area contributed by atoms with Crippen molar-refractivity contribution in [3.8, 4) is 0 Å². The van der Waals surface area contributed by atoms with E-state index in [2.05, 4.69) is 93.7 Å². The molecular weight excluding hydrogens is 937 g/mol. The summed E-state index contributed by atoms with van der Waals surface area (Å²) in [5, 5.41) is 0. The maximum Gasteiger partial charge on any atom is 0.306 e. The second-order valence-corrected chi connectivity index (χ2v) is 22.0. The van der Waals surface area contributed by atoms with Crippen molar-refractivity contribution in [1.82, 2.24) is 0 Å². The maximum atomic E-state index is 12.9. The fraction of sp³-hybridized carbons (Fsp3) is 0.786. The molecule has 0 saturated heterocycles. The topological polar surface area (TPSA) is 78.9 Å². The smallest absolute Gasteiger partial charge is 0.306 e. The van der Waals surface area contributed by atoms with Crippen molar-refractivity contribution in [2.24, 2.45) is 0 Å². The van der Waals surface area contributed by atoms with Crippen molar-refractivity contribution in [2.45, 2.75) is 341 Å². The zero-order chi connectivity index (χ0) is 55.0. The summed E-state index contributed by atoms with van der Waals surface area (Å²) in [4.78, 5) is 38.4. The Bertz CT molecular complexity index is 1400. The third-order valence-corrected chi connectivity index (χ3v) is 14.4. The molecule has 0 aromatic carbocycles. The number of hydrogen-bond donors (Lipinski definition) is 0. The summed E-state index contributed by atoms with van der Waals surface area (Å²) in [7, 11) is 0. The molecule has 0 N–H and O–H groups in total. The Morgan fingerprint density at radius 1 is 0.263 bits per heavy atom. The van der Waals surface area contributed by atoms with Crippen LogP contribution in [0, 0.1) is 0 Å². The van der Waals surface area contributed by atoms with Gasteiger partial charge in [-0.1, -0.05) is 273 Å². The number of hydrogen-bond acceptors (Lipinski definition) is 6. The summed E-state index contributed by atoms with van der Waals surface area (Å²) in [5.74, 6) is -0.885. The third kappa shape index (κ3) is 61.7. The van der Waals surface area contributed by atoms with Crippen LogP contribution in [0.4, 0.5) is 0 Å². The Morgan fingerprint density at radius 3 is 0.776 bits per heavy atom. The molecule has 0 aromatic heterocycles. The van der Waals surface area contributed by atoms with Gasteiger partial charge in [-0.2, -0.15) is 0 Å². The van der Waals surface area contributed by atoms with E-state index in [0.717, 1.165) is 89.9 Å². The molecule has 0 amide bonds. The van der Waals surface area contributed by atoms with E-state index < -0.39 is 6.10 Å². The van der Waals surface area contributed by atoms with E-state index in [1.165, 1.54) is 205 Å². The molecule has 0 aliphatic heterocycles. The minimum Gasteiger partial charge on any atom is -0.462 e. The first-order valence-electron chi connectivity index (χ1n) is 32.9. The lowest BCUT2D eigenvalue weighted by molar-refractivity contribution is -0.167. The molecular formula is C70H124O6. The molecule has 0 heterocycles. The van der Waals surface area contributed by atoms with Crippen LogP contribution in [0.3, 0.4) is 0 Å². The Labute approximate surface area is 472 Å². The third-order valence-electron chi connectivity index (χ3n) is 14.4. The lowest BCUT2D eigenvalue weighted by Crippen LogP contribution is -2.30. The van der Waals surface area contributed by atoms with Crippen molar-refractivity contribution in [3.63, 3.8) is 0 Å². The lowest BCUT2D eigenvalue weighted by Gasteiger charge is -2.18. The van der Waals surface area contributed by atoms with Crippen LogP contribution in [-0.4, -0.2) is 37.2 Å². The predicted molar refractivity (Wildman–Crippen MR) is 330 cm³/mol. The minimum atomic E-state index is -0.786. The van der Waals surface area contributed by atoms with E-state index in [1.54, 1.807) is 0 Å². The molecule has 0 bridgehead atoms. The number of ether oxygens (including phenoxy) is 3. The molecule has 0 rings (SSSR count). The summed E-state index contributed by atoms with van der Waals surface area (Å²) >= 11 is 0. The van der Waals surface area contributed by atoms with Gasteiger partial charge in [0.2, 0.25) is 0 Å². The standard InChI is InChI=1S/C70H124O6/c1-4-7-10-13-16-19-22-25-28-31-33-34-35-36-37-40-42-45-48-51-54-57-60-63-69(72)75-66-67(65-74-68(71)62-59-56-53-50-47-44-41-38-30-27-24-21-18-15-12-9-6-3)76-70(73)64-61-58-55-52-49-46-43-39-32-29-26-23-20-17-14-11-8-5-2/h18,21-22,25,27,29-33,35-36,67H,4-17,19-20,23-24,26,28,34,37-66H2,1-3H3/b21-18-,25-22-,30-27-,32-29-,33-31-,36-35-. The molecule has 0 aromatic rings. The molecule has 1 unspecified atom stereocenters. The van der Waals surface area contributed by atoms with Gasteiger partial charge >= 0.3 is 17.9 Å². The normalized spacial score (nSPS) is 12.5. The number of esters is 3. The molecule has 0 aliphatic carbocycles. The van der Waals surface area contributed by atoms with E-state index in [4.69, 9.17) is 14.2 Å². The highest BCUT2D eigenvalue weighted by Crippen LogP contribution is 2.16. The summed E-state index contributed by atoms with van der Waals surface area (Å²) in [5.41, 5.74) is 0. The molecule has 0 saturated carbocycles. The average molecular weight is 1060 g/mol. The molecule has 6 nitrogen and oxygen atoms in total. The fourth-order valence-corrected chi connectivity index (χ4v) is 9.42. The quantitative estimate of drug-likeness (QED) is 0.0261. The van der Waals surface area contributed by atoms with E-state index in [1.807, 2.05) is 0 Å². The zero-order valence-electron chi connectivity index (χ0n) is 50.5. The van der Waals surface area contributed by atoms with E-state index >= 15 is 0 Å². The molecule has 0 fully saturated rings. The molecule has 6 heteroatoms. The number of allylic oxidation sites excluding steroid dienone is 12. The van der Waals surface area contributed by atoms with Crippen LogP contribution in [0.2, 0.25) is 0 Å². The molecule has 1 atom stereocenters. The van der Waals surface area contributed by atoms with Crippen LogP contribution in [0.15, 0.2) is 72.9 Å². The first-order valence-corrected chi connectivity index (χ1v) is 32.9. The Kier molecular flexibility index (Phi) is 61.7. The number of rotatable bonds is 60. The molecule has 440 valence electrons. The van der Waals surface area contributed by atoms with E-state index in [-0.39, 0.29) is 31.1 Å². The fourth-order valence-electron chi connectivity index (χ4n) is 9.42. The van der Waals surface area contributed by atoms with Gasteiger partial charge in [0.15, 0.2) is 6.10 Å². The van der Waals surface area contributed by atoms with Crippen LogP contribution in [0.5, 0.6) is 0 Å². The summed E-state index contributed by atoms with van der Waals surface area (Å²) in [6.45, 7) is 6.63. The van der Waals surface area contributed by atoms with Crippen LogP contribution in [0.25, 0.3) is 0 Å². The maximum absolute atomic E-state index is 12.9. The molecule has 76 heavy (non-hydrogen) atoms. The Morgan fingerprint density at radius 2 is 0.474 bits per heavy atom. The van der Waals surface area contributed by atoms with Crippen molar-refractivity contribution >= 4 is 17.9 Å². The molecule has 0 radical (unpaired) electrons. The largest absolute Gasteiger partial charge is 0.462 e. The second-order valence-electron chi connectivity index (χ2n) is 22.0. The van der Waals surface area contributed by atoms with Crippen molar-refractivity contribution < 1.29 is 28.6 Å². The van der Waals surface area contributed by atoms with E-state index in [9.17, 15) is 14.4 Å². The highest BCUT2D eigenvalue weighted by atomic mass is 16.6. The van der Waals surface area contributed by atoms with Crippen LogP contribution in [-0.2, 0) is 28.6 Å². The first kappa shape index (κ1) is 72.8. The predicted octanol–water partition coefficient (Wildman–Crippen LogP) is 22.5. The van der Waals surface area contributed by atoms with Gasteiger partial charge in [-0.25, -0.2) is 0 Å². The zero-order valence-corrected chi connectivity index (χ0v) is 50.5. The Balaban J connectivity index is 4.38. The SMILES string of the molecule is CCCCC/C=C\C/C=C\CCCCCCCCCC(=O)OCC(COC(=O)CCCCCCCCCC/C=C\C/C=C\C/C=C\CCCCCCC)OC(=O)CCCCCCCCC/C=C\CCCCCCCCC. The van der Waals surface area contributed by atoms with Gasteiger partial charge in [0.25, 0.3) is 0 Å². The minimum absolute atomic E-state index is 0.0824. The van der Waals surface area contributed by atoms with Crippen LogP contribution < -0.4 is 0 Å². The first-order chi connectivity index (χ1) is 37.5. The molecule has 0 spiro atoms. The summed E-state index contributed by atoms with van der Waals surface area (Å²) in [6, 6.07) is 0. The number of carbonyl (C=O) groups is 3. The monoisotopic (exact) mass is 1060 g/mol. The number of carbonyl (C=O) groups excluding carboxylic acids is 3. The van der Waals surface area contributed by atoms with Gasteiger partial charge < -0.3 is 14.2 Å². The molecule has 0 aliphatic rings. The van der Waals surface area contributed by atoms with Gasteiger partial charge in [0, 0.05) is 19.3 Å². The van der Waals surface area contributed by atoms with Gasteiger partial charge in [0.05, 0.1) is 0 Å². The van der Waals surface area contributed by atoms with Crippen molar-refractivity contribution in [1.29, 1.82) is 0 Å². The van der Waals surface area contributed by atoms with Crippen molar-refractivity contribution in [3.05, 3.63) is 72.9 Å². The summed E-state index contributed by atoms with van der Waals surface area (Å²) in [6.07, 6.45) is 83.3. The Hall–Kier alpha value is -3.15. The van der Waals surface area contributed by atoms with Gasteiger partial charge in [-0.15, -0.1) is 0 Å². The highest BCUT2D eigenvalue weighted by molar-refractivity contribution is 5.71. The highest BCUT2D eigenvalue weighted by Gasteiger charge is 2.19. The van der Waals surface area contributed by atoms with Gasteiger partial charge in [-0.05, 0) is 116 Å². The second kappa shape index (κ2) is 64.4.